The van der Waals surface area contributed by atoms with Crippen LogP contribution in [0, 0.1) is 0 Å². The average Bonchev–Trinajstić information content (AvgIpc) is 2.22. The van der Waals surface area contributed by atoms with Crippen LogP contribution in [0.25, 0.3) is 0 Å². The zero-order valence-corrected chi connectivity index (χ0v) is 10.9. The lowest BCUT2D eigenvalue weighted by Gasteiger charge is -2.19. The molecule has 106 valence electrons. The van der Waals surface area contributed by atoms with Gasteiger partial charge in [-0.05, 0) is 12.1 Å². The number of hydrogen-bond acceptors (Lipinski definition) is 3. The summed E-state index contributed by atoms with van der Waals surface area (Å²) in [5, 5.41) is 1.80. The fourth-order valence-corrected chi connectivity index (χ4v) is 1.35. The van der Waals surface area contributed by atoms with Crippen molar-refractivity contribution in [1.82, 2.24) is 10.3 Å². The van der Waals surface area contributed by atoms with E-state index in [2.05, 4.69) is 4.98 Å². The lowest BCUT2D eigenvalue weighted by molar-refractivity contribution is -0.123. The highest BCUT2D eigenvalue weighted by molar-refractivity contribution is 5.95. The predicted molar refractivity (Wildman–Crippen MR) is 65.7 cm³/mol. The molecule has 1 heterocycles. The number of carbonyl (C=O) groups excluding carboxylic acids is 1. The van der Waals surface area contributed by atoms with E-state index in [0.29, 0.717) is 5.69 Å². The van der Waals surface area contributed by atoms with Gasteiger partial charge in [-0.25, -0.2) is 4.98 Å². The molecule has 0 aromatic carbocycles. The summed E-state index contributed by atoms with van der Waals surface area (Å²) >= 11 is 0. The van der Waals surface area contributed by atoms with Gasteiger partial charge in [-0.15, -0.1) is 0 Å². The van der Waals surface area contributed by atoms with Crippen LogP contribution in [0.5, 0.6) is 0 Å². The Kier molecular flexibility index (Phi) is 4.07. The third kappa shape index (κ3) is 4.76. The van der Waals surface area contributed by atoms with Crippen LogP contribution in [-0.4, -0.2) is 23.6 Å². The highest BCUT2D eigenvalue weighted by atomic mass is 19.4. The van der Waals surface area contributed by atoms with Gasteiger partial charge in [0.2, 0.25) is 0 Å². The third-order valence-electron chi connectivity index (χ3n) is 2.33. The van der Waals surface area contributed by atoms with Crippen molar-refractivity contribution in [3.8, 4) is 0 Å². The maximum Gasteiger partial charge on any atom is 0.405 e. The number of nitrogens with zero attached hydrogens (tertiary/aromatic N) is 1. The Bertz CT molecular complexity index is 478. The standard InChI is InChI=1S/C12H16F3N3O/c1-11(2,3)8-4-7(5-9(16)18-8)10(19)17-6-12(13,14)15/h4-5H,6H2,1-3H3,(H2,16,18)(H,17,19). The van der Waals surface area contributed by atoms with Crippen molar-refractivity contribution in [3.05, 3.63) is 23.4 Å². The number of nitrogen functional groups attached to an aromatic ring is 1. The molecule has 0 bridgehead atoms. The maximum absolute atomic E-state index is 12.0. The minimum absolute atomic E-state index is 0.0710. The van der Waals surface area contributed by atoms with Gasteiger partial charge in [-0.2, -0.15) is 13.2 Å². The van der Waals surface area contributed by atoms with E-state index < -0.39 is 18.6 Å². The second kappa shape index (κ2) is 5.07. The molecule has 3 N–H and O–H groups in total. The number of aromatic nitrogens is 1. The lowest BCUT2D eigenvalue weighted by Crippen LogP contribution is -2.34. The summed E-state index contributed by atoms with van der Waals surface area (Å²) in [5.41, 5.74) is 5.83. The van der Waals surface area contributed by atoms with E-state index in [1.807, 2.05) is 20.8 Å². The summed E-state index contributed by atoms with van der Waals surface area (Å²) in [4.78, 5) is 15.7. The van der Waals surface area contributed by atoms with Crippen LogP contribution < -0.4 is 11.1 Å². The molecule has 0 fully saturated rings. The van der Waals surface area contributed by atoms with Gasteiger partial charge in [0.1, 0.15) is 12.4 Å². The summed E-state index contributed by atoms with van der Waals surface area (Å²) in [6, 6.07) is 2.70. The van der Waals surface area contributed by atoms with E-state index in [1.54, 1.807) is 5.32 Å². The van der Waals surface area contributed by atoms with E-state index in [-0.39, 0.29) is 16.8 Å². The monoisotopic (exact) mass is 275 g/mol. The molecule has 0 spiro atoms. The molecule has 0 atom stereocenters. The van der Waals surface area contributed by atoms with Crippen LogP contribution >= 0.6 is 0 Å². The van der Waals surface area contributed by atoms with Crippen molar-refractivity contribution >= 4 is 11.7 Å². The first kappa shape index (κ1) is 15.3. The van der Waals surface area contributed by atoms with Crippen molar-refractivity contribution in [2.45, 2.75) is 32.4 Å². The number of amides is 1. The molecular formula is C12H16F3N3O. The van der Waals surface area contributed by atoms with Gasteiger partial charge < -0.3 is 11.1 Å². The summed E-state index contributed by atoms with van der Waals surface area (Å²) in [7, 11) is 0. The normalized spacial score (nSPS) is 12.3. The van der Waals surface area contributed by atoms with Crippen LogP contribution in [0.15, 0.2) is 12.1 Å². The van der Waals surface area contributed by atoms with Gasteiger partial charge in [0.05, 0.1) is 0 Å². The Morgan fingerprint density at radius 2 is 1.89 bits per heavy atom. The fourth-order valence-electron chi connectivity index (χ4n) is 1.35. The van der Waals surface area contributed by atoms with Gasteiger partial charge in [-0.1, -0.05) is 20.8 Å². The van der Waals surface area contributed by atoms with Crippen LogP contribution in [-0.2, 0) is 5.41 Å². The number of hydrogen-bond donors (Lipinski definition) is 2. The quantitative estimate of drug-likeness (QED) is 0.869. The SMILES string of the molecule is CC(C)(C)c1cc(C(=O)NCC(F)(F)F)cc(N)n1. The van der Waals surface area contributed by atoms with E-state index in [1.165, 1.54) is 12.1 Å². The third-order valence-corrected chi connectivity index (χ3v) is 2.33. The number of rotatable bonds is 2. The lowest BCUT2D eigenvalue weighted by atomic mass is 9.90. The van der Waals surface area contributed by atoms with Gasteiger partial charge in [0, 0.05) is 16.7 Å². The number of nitrogens with one attached hydrogen (secondary N) is 1. The van der Waals surface area contributed by atoms with Crippen LogP contribution in [0.2, 0.25) is 0 Å². The topological polar surface area (TPSA) is 68.0 Å². The summed E-state index contributed by atoms with van der Waals surface area (Å²) in [5.74, 6) is -0.721. The molecule has 4 nitrogen and oxygen atoms in total. The molecule has 0 unspecified atom stereocenters. The van der Waals surface area contributed by atoms with Crippen LogP contribution in [0.1, 0.15) is 36.8 Å². The number of pyridine rings is 1. The fraction of sp³-hybridized carbons (Fsp3) is 0.500. The Morgan fingerprint density at radius 3 is 2.37 bits per heavy atom. The molecular weight excluding hydrogens is 259 g/mol. The molecule has 1 aromatic heterocycles. The minimum atomic E-state index is -4.44. The smallest absolute Gasteiger partial charge is 0.384 e. The number of alkyl halides is 3. The van der Waals surface area contributed by atoms with Crippen molar-refractivity contribution < 1.29 is 18.0 Å². The number of halogens is 3. The molecule has 0 saturated carbocycles. The molecule has 0 saturated heterocycles. The van der Waals surface area contributed by atoms with E-state index >= 15 is 0 Å². The first-order valence-corrected chi connectivity index (χ1v) is 5.62. The molecule has 19 heavy (non-hydrogen) atoms. The summed E-state index contributed by atoms with van der Waals surface area (Å²) in [6.07, 6.45) is -4.44. The second-order valence-electron chi connectivity index (χ2n) is 5.21. The van der Waals surface area contributed by atoms with Gasteiger partial charge in [0.15, 0.2) is 0 Å². The second-order valence-corrected chi connectivity index (χ2v) is 5.21. The van der Waals surface area contributed by atoms with Crippen LogP contribution in [0.4, 0.5) is 19.0 Å². The van der Waals surface area contributed by atoms with Gasteiger partial charge >= 0.3 is 6.18 Å². The zero-order chi connectivity index (χ0) is 14.8. The largest absolute Gasteiger partial charge is 0.405 e. The Balaban J connectivity index is 2.95. The molecule has 0 aliphatic heterocycles. The van der Waals surface area contributed by atoms with Crippen molar-refractivity contribution in [3.63, 3.8) is 0 Å². The van der Waals surface area contributed by atoms with Crippen molar-refractivity contribution in [2.24, 2.45) is 0 Å². The molecule has 7 heteroatoms. The van der Waals surface area contributed by atoms with Gasteiger partial charge in [0.25, 0.3) is 5.91 Å². The van der Waals surface area contributed by atoms with Crippen molar-refractivity contribution in [2.75, 3.05) is 12.3 Å². The number of nitrogens with two attached hydrogens (primary N) is 1. The summed E-state index contributed by atoms with van der Waals surface area (Å²) in [6.45, 7) is 4.23. The molecule has 1 rings (SSSR count). The summed E-state index contributed by atoms with van der Waals surface area (Å²) < 4.78 is 36.1. The number of carbonyl (C=O) groups is 1. The van der Waals surface area contributed by atoms with Crippen LogP contribution in [0.3, 0.4) is 0 Å². The Morgan fingerprint density at radius 1 is 1.32 bits per heavy atom. The molecule has 1 amide bonds. The highest BCUT2D eigenvalue weighted by Crippen LogP contribution is 2.22. The first-order chi connectivity index (χ1) is 8.49. The molecule has 0 radical (unpaired) electrons. The Labute approximate surface area is 109 Å². The highest BCUT2D eigenvalue weighted by Gasteiger charge is 2.28. The van der Waals surface area contributed by atoms with Crippen molar-refractivity contribution in [1.29, 1.82) is 0 Å². The molecule has 0 aliphatic carbocycles. The maximum atomic E-state index is 12.0. The zero-order valence-electron chi connectivity index (χ0n) is 10.9. The average molecular weight is 275 g/mol. The number of anilines is 1. The first-order valence-electron chi connectivity index (χ1n) is 5.62. The van der Waals surface area contributed by atoms with E-state index in [0.717, 1.165) is 0 Å². The Hall–Kier alpha value is -1.79. The molecule has 1 aromatic rings. The van der Waals surface area contributed by atoms with E-state index in [9.17, 15) is 18.0 Å². The predicted octanol–water partition coefficient (Wildman–Crippen LogP) is 2.25. The van der Waals surface area contributed by atoms with Gasteiger partial charge in [-0.3, -0.25) is 4.79 Å². The minimum Gasteiger partial charge on any atom is -0.384 e. The molecule has 0 aliphatic rings. The van der Waals surface area contributed by atoms with E-state index in [4.69, 9.17) is 5.73 Å².